The first-order valence-corrected chi connectivity index (χ1v) is 7.86. The van der Waals surface area contributed by atoms with E-state index in [1.165, 1.54) is 0 Å². The molecule has 126 valence electrons. The number of nitrogens with zero attached hydrogens (tertiary/aromatic N) is 5. The lowest BCUT2D eigenvalue weighted by Crippen LogP contribution is -1.89. The molecule has 5 aromatic heterocycles. The number of aromatic nitrogens is 5. The van der Waals surface area contributed by atoms with E-state index in [0.717, 1.165) is 5.39 Å². The molecule has 0 aliphatic carbocycles. The molecule has 0 saturated carbocycles. The molecule has 0 fully saturated rings. The van der Waals surface area contributed by atoms with Crippen LogP contribution in [0.3, 0.4) is 0 Å². The number of rotatable bonds is 3. The maximum absolute atomic E-state index is 5.48. The number of pyridine rings is 2. The van der Waals surface area contributed by atoms with E-state index in [1.807, 2.05) is 37.3 Å². The third-order valence-corrected chi connectivity index (χ3v) is 3.94. The Morgan fingerprint density at radius 1 is 0.923 bits per heavy atom. The lowest BCUT2D eigenvalue weighted by molar-refractivity contribution is 0.432. The Bertz CT molecular complexity index is 1190. The molecule has 0 saturated heterocycles. The van der Waals surface area contributed by atoms with E-state index in [-0.39, 0.29) is 0 Å². The summed E-state index contributed by atoms with van der Waals surface area (Å²) < 4.78 is 16.3. The van der Waals surface area contributed by atoms with Crippen molar-refractivity contribution in [3.63, 3.8) is 0 Å². The lowest BCUT2D eigenvalue weighted by atomic mass is 10.1. The van der Waals surface area contributed by atoms with Gasteiger partial charge in [-0.25, -0.2) is 4.98 Å². The van der Waals surface area contributed by atoms with Crippen molar-refractivity contribution in [2.45, 2.75) is 6.92 Å². The Morgan fingerprint density at radius 2 is 1.88 bits per heavy atom. The molecule has 0 bridgehead atoms. The van der Waals surface area contributed by atoms with Crippen LogP contribution in [0.25, 0.3) is 45.5 Å². The summed E-state index contributed by atoms with van der Waals surface area (Å²) in [5, 5.41) is 8.75. The minimum absolute atomic E-state index is 0.331. The predicted molar refractivity (Wildman–Crippen MR) is 90.8 cm³/mol. The maximum atomic E-state index is 5.48. The van der Waals surface area contributed by atoms with E-state index in [0.29, 0.717) is 45.8 Å². The highest BCUT2D eigenvalue weighted by molar-refractivity contribution is 5.93. The van der Waals surface area contributed by atoms with Gasteiger partial charge in [0.1, 0.15) is 11.4 Å². The highest BCUT2D eigenvalue weighted by atomic mass is 16.5. The smallest absolute Gasteiger partial charge is 0.259 e. The van der Waals surface area contributed by atoms with Crippen LogP contribution >= 0.6 is 0 Å². The Balaban J connectivity index is 1.71. The van der Waals surface area contributed by atoms with Crippen LogP contribution < -0.4 is 0 Å². The molecular weight excluding hydrogens is 334 g/mol. The predicted octanol–water partition coefficient (Wildman–Crippen LogP) is 3.90. The molecule has 0 aliphatic heterocycles. The van der Waals surface area contributed by atoms with Gasteiger partial charge in [-0.15, -0.1) is 0 Å². The molecule has 0 aliphatic rings. The molecular formula is C18H11N5O3. The first-order valence-electron chi connectivity index (χ1n) is 7.86. The van der Waals surface area contributed by atoms with Crippen LogP contribution in [0.5, 0.6) is 0 Å². The van der Waals surface area contributed by atoms with E-state index in [1.54, 1.807) is 18.5 Å². The quantitative estimate of drug-likeness (QED) is 0.485. The van der Waals surface area contributed by atoms with Gasteiger partial charge < -0.3 is 13.5 Å². The van der Waals surface area contributed by atoms with Gasteiger partial charge in [-0.05, 0) is 37.3 Å². The van der Waals surface area contributed by atoms with E-state index in [2.05, 4.69) is 25.3 Å². The van der Waals surface area contributed by atoms with Gasteiger partial charge in [0.15, 0.2) is 5.76 Å². The molecule has 0 radical (unpaired) electrons. The van der Waals surface area contributed by atoms with Crippen LogP contribution in [-0.4, -0.2) is 25.3 Å². The van der Waals surface area contributed by atoms with Crippen molar-refractivity contribution in [2.24, 2.45) is 0 Å². The third kappa shape index (κ3) is 2.27. The summed E-state index contributed by atoms with van der Waals surface area (Å²) in [6, 6.07) is 10.9. The fourth-order valence-electron chi connectivity index (χ4n) is 2.75. The zero-order valence-electron chi connectivity index (χ0n) is 13.6. The molecule has 0 aromatic carbocycles. The highest BCUT2D eigenvalue weighted by Gasteiger charge is 2.21. The molecule has 8 heteroatoms. The summed E-state index contributed by atoms with van der Waals surface area (Å²) in [4.78, 5) is 13.2. The monoisotopic (exact) mass is 345 g/mol. The Kier molecular flexibility index (Phi) is 3.14. The Labute approximate surface area is 146 Å². The average molecular weight is 345 g/mol. The first-order chi connectivity index (χ1) is 12.8. The molecule has 5 aromatic rings. The molecule has 0 atom stereocenters. The van der Waals surface area contributed by atoms with Gasteiger partial charge in [0.25, 0.3) is 11.6 Å². The van der Waals surface area contributed by atoms with Crippen LogP contribution in [0.4, 0.5) is 0 Å². The molecule has 0 spiro atoms. The van der Waals surface area contributed by atoms with Gasteiger partial charge >= 0.3 is 0 Å². The topological polar surface area (TPSA) is 104 Å². The zero-order chi connectivity index (χ0) is 17.5. The van der Waals surface area contributed by atoms with Crippen molar-refractivity contribution >= 4 is 11.1 Å². The number of hydrogen-bond donors (Lipinski definition) is 0. The summed E-state index contributed by atoms with van der Waals surface area (Å²) >= 11 is 0. The number of hydrogen-bond acceptors (Lipinski definition) is 8. The number of aryl methyl sites for hydroxylation is 1. The molecule has 0 amide bonds. The maximum Gasteiger partial charge on any atom is 0.259 e. The largest absolute Gasteiger partial charge is 0.463 e. The molecule has 0 N–H and O–H groups in total. The summed E-state index contributed by atoms with van der Waals surface area (Å²) in [6.07, 6.45) is 3.26. The van der Waals surface area contributed by atoms with Gasteiger partial charge in [0, 0.05) is 6.20 Å². The van der Waals surface area contributed by atoms with Crippen molar-refractivity contribution in [3.8, 4) is 34.4 Å². The minimum atomic E-state index is 0.331. The first kappa shape index (κ1) is 14.5. The SMILES string of the molecule is Cc1noc2nc(-c3ccco3)cc(-c3nc(-c4ccccn4)no3)c12. The van der Waals surface area contributed by atoms with Gasteiger partial charge in [-0.3, -0.25) is 4.98 Å². The number of furan rings is 1. The molecule has 26 heavy (non-hydrogen) atoms. The van der Waals surface area contributed by atoms with E-state index < -0.39 is 0 Å². The van der Waals surface area contributed by atoms with Crippen molar-refractivity contribution in [1.29, 1.82) is 0 Å². The second-order valence-corrected chi connectivity index (χ2v) is 5.62. The molecule has 5 heterocycles. The van der Waals surface area contributed by atoms with Crippen molar-refractivity contribution < 1.29 is 13.5 Å². The van der Waals surface area contributed by atoms with Gasteiger partial charge in [-0.1, -0.05) is 16.4 Å². The summed E-state index contributed by atoms with van der Waals surface area (Å²) in [6.45, 7) is 1.83. The van der Waals surface area contributed by atoms with Crippen LogP contribution in [0, 0.1) is 6.92 Å². The Hall–Kier alpha value is -3.81. The van der Waals surface area contributed by atoms with Gasteiger partial charge in [0.05, 0.1) is 22.9 Å². The second-order valence-electron chi connectivity index (χ2n) is 5.62. The van der Waals surface area contributed by atoms with Gasteiger partial charge in [0.2, 0.25) is 5.82 Å². The molecule has 8 nitrogen and oxygen atoms in total. The van der Waals surface area contributed by atoms with Crippen molar-refractivity contribution in [2.75, 3.05) is 0 Å². The fourth-order valence-corrected chi connectivity index (χ4v) is 2.75. The van der Waals surface area contributed by atoms with E-state index in [4.69, 9.17) is 13.5 Å². The van der Waals surface area contributed by atoms with Crippen molar-refractivity contribution in [1.82, 2.24) is 25.3 Å². The van der Waals surface area contributed by atoms with Crippen LogP contribution in [0.1, 0.15) is 5.69 Å². The highest BCUT2D eigenvalue weighted by Crippen LogP contribution is 2.33. The standard InChI is InChI=1S/C18H11N5O3/c1-10-15-11(17-21-16(23-25-17)12-5-2-3-7-19-12)9-13(14-6-4-8-24-14)20-18(15)26-22-10/h2-9H,1H3. The number of fused-ring (bicyclic) bond motifs is 1. The zero-order valence-corrected chi connectivity index (χ0v) is 13.6. The van der Waals surface area contributed by atoms with Crippen molar-refractivity contribution in [3.05, 3.63) is 54.6 Å². The molecule has 5 rings (SSSR count). The van der Waals surface area contributed by atoms with Crippen LogP contribution in [0.15, 0.2) is 62.3 Å². The van der Waals surface area contributed by atoms with E-state index in [9.17, 15) is 0 Å². The third-order valence-electron chi connectivity index (χ3n) is 3.94. The minimum Gasteiger partial charge on any atom is -0.463 e. The Morgan fingerprint density at radius 3 is 2.69 bits per heavy atom. The van der Waals surface area contributed by atoms with E-state index >= 15 is 0 Å². The normalized spacial score (nSPS) is 11.3. The van der Waals surface area contributed by atoms with Crippen LogP contribution in [0.2, 0.25) is 0 Å². The second kappa shape index (κ2) is 5.62. The van der Waals surface area contributed by atoms with Crippen LogP contribution in [-0.2, 0) is 0 Å². The molecule has 0 unspecified atom stereocenters. The van der Waals surface area contributed by atoms with Gasteiger partial charge in [-0.2, -0.15) is 4.98 Å². The average Bonchev–Trinajstić information content (AvgIpc) is 3.43. The summed E-state index contributed by atoms with van der Waals surface area (Å²) in [7, 11) is 0. The summed E-state index contributed by atoms with van der Waals surface area (Å²) in [5.74, 6) is 1.34. The summed E-state index contributed by atoms with van der Waals surface area (Å²) in [5.41, 5.74) is 2.96. The lowest BCUT2D eigenvalue weighted by Gasteiger charge is -2.01. The fraction of sp³-hybridized carbons (Fsp3) is 0.0556.